The van der Waals surface area contributed by atoms with Crippen molar-refractivity contribution in [1.82, 2.24) is 15.6 Å². The van der Waals surface area contributed by atoms with Crippen LogP contribution < -0.4 is 15.4 Å². The van der Waals surface area contributed by atoms with Gasteiger partial charge in [-0.25, -0.2) is 4.39 Å². The molecule has 2 N–H and O–H groups in total. The summed E-state index contributed by atoms with van der Waals surface area (Å²) in [6, 6.07) is 8.31. The van der Waals surface area contributed by atoms with E-state index in [0.29, 0.717) is 42.2 Å². The van der Waals surface area contributed by atoms with Crippen LogP contribution in [0.5, 0.6) is 5.75 Å². The van der Waals surface area contributed by atoms with Crippen LogP contribution in [-0.4, -0.2) is 34.5 Å². The third-order valence-electron chi connectivity index (χ3n) is 6.39. The van der Waals surface area contributed by atoms with Crippen LogP contribution in [0.2, 0.25) is 0 Å². The van der Waals surface area contributed by atoms with Gasteiger partial charge in [0.05, 0.1) is 0 Å². The number of nitrogens with zero attached hydrogens (tertiary/aromatic N) is 1. The Balaban J connectivity index is 1.08. The zero-order chi connectivity index (χ0) is 20.9. The summed E-state index contributed by atoms with van der Waals surface area (Å²) in [5.74, 6) is 0.177. The molecule has 156 valence electrons. The molecule has 6 rings (SSSR count). The molecule has 0 radical (unpaired) electrons. The lowest BCUT2D eigenvalue weighted by Crippen LogP contribution is -2.84. The third kappa shape index (κ3) is 3.53. The van der Waals surface area contributed by atoms with Crippen LogP contribution in [0.15, 0.2) is 36.5 Å². The van der Waals surface area contributed by atoms with E-state index in [1.807, 2.05) is 6.07 Å². The van der Waals surface area contributed by atoms with E-state index >= 15 is 0 Å². The summed E-state index contributed by atoms with van der Waals surface area (Å²) in [4.78, 5) is 29.0. The van der Waals surface area contributed by atoms with E-state index in [0.717, 1.165) is 0 Å². The minimum Gasteiger partial charge on any atom is -0.484 e. The standard InChI is InChI=1S/C23H24FN3O3/c1-14-2-6-17(8-18(14)24)30-10-20(28)26-22-11-23(12-22,13-22)27-21(29)19-7-5-16(9-25-19)15-3-4-15/h2,5-9,15H,3-4,10-13H2,1H3,(H,26,28)(H,27,29). The predicted octanol–water partition coefficient (Wildman–Crippen LogP) is 3.01. The molecule has 4 saturated carbocycles. The molecule has 0 atom stereocenters. The highest BCUT2D eigenvalue weighted by molar-refractivity contribution is 5.93. The van der Waals surface area contributed by atoms with Crippen molar-refractivity contribution in [2.75, 3.05) is 6.61 Å². The van der Waals surface area contributed by atoms with Crippen molar-refractivity contribution in [3.63, 3.8) is 0 Å². The molecule has 0 aliphatic heterocycles. The average Bonchev–Trinajstić information content (AvgIpc) is 3.51. The summed E-state index contributed by atoms with van der Waals surface area (Å²) in [5.41, 5.74) is 1.65. The van der Waals surface area contributed by atoms with Crippen LogP contribution in [0.1, 0.15) is 59.6 Å². The van der Waals surface area contributed by atoms with Gasteiger partial charge in [0.2, 0.25) is 0 Å². The number of hydrogen-bond donors (Lipinski definition) is 2. The molecule has 7 heteroatoms. The number of aromatic nitrogens is 1. The summed E-state index contributed by atoms with van der Waals surface area (Å²) >= 11 is 0. The molecule has 1 aromatic heterocycles. The van der Waals surface area contributed by atoms with Crippen molar-refractivity contribution in [2.45, 2.75) is 56.0 Å². The lowest BCUT2D eigenvalue weighted by Gasteiger charge is -2.70. The maximum Gasteiger partial charge on any atom is 0.270 e. The van der Waals surface area contributed by atoms with Gasteiger partial charge in [0.25, 0.3) is 11.8 Å². The summed E-state index contributed by atoms with van der Waals surface area (Å²) in [7, 11) is 0. The lowest BCUT2D eigenvalue weighted by molar-refractivity contribution is -0.141. The number of nitrogens with one attached hydrogen (secondary N) is 2. The van der Waals surface area contributed by atoms with Gasteiger partial charge in [-0.3, -0.25) is 14.6 Å². The lowest BCUT2D eigenvalue weighted by atomic mass is 9.44. The van der Waals surface area contributed by atoms with Crippen molar-refractivity contribution >= 4 is 11.8 Å². The highest BCUT2D eigenvalue weighted by Crippen LogP contribution is 2.60. The number of carbonyl (C=O) groups is 2. The van der Waals surface area contributed by atoms with E-state index in [4.69, 9.17) is 4.74 Å². The molecule has 2 aromatic rings. The second kappa shape index (κ2) is 6.79. The van der Waals surface area contributed by atoms with E-state index in [9.17, 15) is 14.0 Å². The highest BCUT2D eigenvalue weighted by atomic mass is 19.1. The Morgan fingerprint density at radius 2 is 1.87 bits per heavy atom. The molecule has 4 aliphatic carbocycles. The van der Waals surface area contributed by atoms with Gasteiger partial charge in [-0.2, -0.15) is 0 Å². The summed E-state index contributed by atoms with van der Waals surface area (Å²) in [5, 5.41) is 6.08. The van der Waals surface area contributed by atoms with Crippen LogP contribution in [0.3, 0.4) is 0 Å². The molecule has 0 spiro atoms. The van der Waals surface area contributed by atoms with Crippen LogP contribution in [0.4, 0.5) is 4.39 Å². The highest BCUT2D eigenvalue weighted by Gasteiger charge is 2.69. The number of rotatable bonds is 7. The molecular formula is C23H24FN3O3. The SMILES string of the molecule is Cc1ccc(OCC(=O)NC23CC(NC(=O)c4ccc(C5CC5)cn4)(C2)C3)cc1F. The molecule has 4 fully saturated rings. The minimum atomic E-state index is -0.360. The first-order chi connectivity index (χ1) is 14.4. The van der Waals surface area contributed by atoms with E-state index in [1.54, 1.807) is 31.3 Å². The number of aryl methyl sites for hydroxylation is 1. The van der Waals surface area contributed by atoms with Crippen LogP contribution in [0.25, 0.3) is 0 Å². The molecule has 1 heterocycles. The van der Waals surface area contributed by atoms with Crippen LogP contribution in [-0.2, 0) is 4.79 Å². The molecule has 2 amide bonds. The zero-order valence-electron chi connectivity index (χ0n) is 16.8. The quantitative estimate of drug-likeness (QED) is 0.737. The van der Waals surface area contributed by atoms with Gasteiger partial charge in [-0.15, -0.1) is 0 Å². The van der Waals surface area contributed by atoms with Gasteiger partial charge in [-0.1, -0.05) is 12.1 Å². The van der Waals surface area contributed by atoms with Gasteiger partial charge in [0.15, 0.2) is 6.61 Å². The Kier molecular flexibility index (Phi) is 4.31. The van der Waals surface area contributed by atoms with E-state index in [2.05, 4.69) is 15.6 Å². The normalized spacial score (nSPS) is 26.2. The first-order valence-electron chi connectivity index (χ1n) is 10.3. The molecule has 1 aromatic carbocycles. The molecule has 4 aliphatic rings. The Labute approximate surface area is 174 Å². The first kappa shape index (κ1) is 19.0. The predicted molar refractivity (Wildman–Crippen MR) is 108 cm³/mol. The Hall–Kier alpha value is -2.96. The summed E-state index contributed by atoms with van der Waals surface area (Å²) < 4.78 is 18.9. The molecule has 30 heavy (non-hydrogen) atoms. The number of ether oxygens (including phenoxy) is 1. The number of pyridine rings is 1. The molecular weight excluding hydrogens is 385 g/mol. The largest absolute Gasteiger partial charge is 0.484 e. The maximum absolute atomic E-state index is 13.6. The second-order valence-electron chi connectivity index (χ2n) is 9.04. The maximum atomic E-state index is 13.6. The van der Waals surface area contributed by atoms with Crippen LogP contribution >= 0.6 is 0 Å². The van der Waals surface area contributed by atoms with Crippen molar-refractivity contribution in [3.05, 3.63) is 59.2 Å². The van der Waals surface area contributed by atoms with Crippen molar-refractivity contribution in [2.24, 2.45) is 0 Å². The number of amides is 2. The topological polar surface area (TPSA) is 80.3 Å². The first-order valence-corrected chi connectivity index (χ1v) is 10.3. The number of halogens is 1. The Morgan fingerprint density at radius 3 is 2.50 bits per heavy atom. The van der Waals surface area contributed by atoms with Gasteiger partial charge >= 0.3 is 0 Å². The molecule has 2 bridgehead atoms. The molecule has 6 nitrogen and oxygen atoms in total. The average molecular weight is 409 g/mol. The van der Waals surface area contributed by atoms with Gasteiger partial charge < -0.3 is 15.4 Å². The second-order valence-corrected chi connectivity index (χ2v) is 9.04. The van der Waals surface area contributed by atoms with Gasteiger partial charge in [0, 0.05) is 23.3 Å². The van der Waals surface area contributed by atoms with Crippen molar-refractivity contribution in [3.8, 4) is 5.75 Å². The Bertz CT molecular complexity index is 997. The number of hydrogen-bond acceptors (Lipinski definition) is 4. The summed E-state index contributed by atoms with van der Waals surface area (Å²) in [6.45, 7) is 1.50. The monoisotopic (exact) mass is 409 g/mol. The van der Waals surface area contributed by atoms with E-state index in [1.165, 1.54) is 24.5 Å². The zero-order valence-corrected chi connectivity index (χ0v) is 16.8. The fourth-order valence-electron chi connectivity index (χ4n) is 4.70. The van der Waals surface area contributed by atoms with E-state index in [-0.39, 0.29) is 35.3 Å². The van der Waals surface area contributed by atoms with E-state index < -0.39 is 0 Å². The van der Waals surface area contributed by atoms with Crippen molar-refractivity contribution in [1.29, 1.82) is 0 Å². The summed E-state index contributed by atoms with van der Waals surface area (Å²) in [6.07, 6.45) is 6.33. The minimum absolute atomic E-state index is 0.165. The van der Waals surface area contributed by atoms with Gasteiger partial charge in [0.1, 0.15) is 17.3 Å². The smallest absolute Gasteiger partial charge is 0.270 e. The number of benzene rings is 1. The third-order valence-corrected chi connectivity index (χ3v) is 6.39. The fourth-order valence-corrected chi connectivity index (χ4v) is 4.70. The molecule has 0 unspecified atom stereocenters. The van der Waals surface area contributed by atoms with Crippen molar-refractivity contribution < 1.29 is 18.7 Å². The molecule has 0 saturated heterocycles. The van der Waals surface area contributed by atoms with Crippen LogP contribution in [0, 0.1) is 12.7 Å². The van der Waals surface area contributed by atoms with Gasteiger partial charge in [-0.05, 0) is 68.2 Å². The fraction of sp³-hybridized carbons (Fsp3) is 0.435. The Morgan fingerprint density at radius 1 is 1.13 bits per heavy atom. The number of carbonyl (C=O) groups excluding carboxylic acids is 2.